The minimum atomic E-state index is 0.0521. The van der Waals surface area contributed by atoms with E-state index in [1.807, 2.05) is 23.1 Å². The van der Waals surface area contributed by atoms with Crippen LogP contribution >= 0.6 is 15.9 Å². The van der Waals surface area contributed by atoms with Gasteiger partial charge in [0.15, 0.2) is 0 Å². The Labute approximate surface area is 120 Å². The second kappa shape index (κ2) is 5.21. The van der Waals surface area contributed by atoms with E-state index in [1.54, 1.807) is 6.07 Å². The molecule has 3 rings (SSSR count). The number of halogens is 1. The Balaban J connectivity index is 1.80. The predicted molar refractivity (Wildman–Crippen MR) is 75.7 cm³/mol. The quantitative estimate of drug-likeness (QED) is 0.857. The van der Waals surface area contributed by atoms with Crippen LogP contribution in [0, 0.1) is 0 Å². The molecule has 1 heterocycles. The van der Waals surface area contributed by atoms with Crippen molar-refractivity contribution in [2.45, 2.75) is 25.4 Å². The van der Waals surface area contributed by atoms with Crippen LogP contribution in [-0.2, 0) is 6.54 Å². The predicted octanol–water partition coefficient (Wildman–Crippen LogP) is 3.85. The maximum atomic E-state index is 12.4. The van der Waals surface area contributed by atoms with E-state index in [4.69, 9.17) is 4.42 Å². The zero-order chi connectivity index (χ0) is 13.2. The molecule has 1 saturated carbocycles. The molecule has 0 saturated heterocycles. The van der Waals surface area contributed by atoms with E-state index in [9.17, 15) is 4.79 Å². The van der Waals surface area contributed by atoms with Gasteiger partial charge in [-0.1, -0.05) is 28.1 Å². The van der Waals surface area contributed by atoms with E-state index < -0.39 is 0 Å². The van der Waals surface area contributed by atoms with Crippen LogP contribution in [0.25, 0.3) is 0 Å². The number of carbonyl (C=O) groups is 1. The molecule has 0 bridgehead atoms. The summed E-state index contributed by atoms with van der Waals surface area (Å²) in [4.78, 5) is 14.4. The minimum absolute atomic E-state index is 0.0521. The fourth-order valence-electron chi connectivity index (χ4n) is 2.14. The van der Waals surface area contributed by atoms with Crippen molar-refractivity contribution in [3.63, 3.8) is 0 Å². The van der Waals surface area contributed by atoms with E-state index in [0.29, 0.717) is 18.2 Å². The summed E-state index contributed by atoms with van der Waals surface area (Å²) in [6.45, 7) is 0.647. The van der Waals surface area contributed by atoms with Crippen LogP contribution in [-0.4, -0.2) is 16.8 Å². The van der Waals surface area contributed by atoms with Gasteiger partial charge >= 0.3 is 0 Å². The summed E-state index contributed by atoms with van der Waals surface area (Å²) >= 11 is 3.46. The van der Waals surface area contributed by atoms with Crippen molar-refractivity contribution in [2.24, 2.45) is 0 Å². The van der Waals surface area contributed by atoms with Gasteiger partial charge in [-0.2, -0.15) is 0 Å². The van der Waals surface area contributed by atoms with Crippen LogP contribution in [0.3, 0.4) is 0 Å². The SMILES string of the molecule is O=C(c1ccoc1)N(Cc1cccc(Br)c1)C1CC1. The molecule has 0 N–H and O–H groups in total. The van der Waals surface area contributed by atoms with Gasteiger partial charge in [-0.25, -0.2) is 0 Å². The van der Waals surface area contributed by atoms with Crippen molar-refractivity contribution in [1.82, 2.24) is 4.90 Å². The summed E-state index contributed by atoms with van der Waals surface area (Å²) in [6, 6.07) is 10.2. The summed E-state index contributed by atoms with van der Waals surface area (Å²) < 4.78 is 6.04. The first-order valence-electron chi connectivity index (χ1n) is 6.31. The second-order valence-electron chi connectivity index (χ2n) is 4.81. The third-order valence-corrected chi connectivity index (χ3v) is 3.75. The lowest BCUT2D eigenvalue weighted by Crippen LogP contribution is -2.32. The maximum absolute atomic E-state index is 12.4. The molecule has 0 spiro atoms. The van der Waals surface area contributed by atoms with Crippen LogP contribution in [0.4, 0.5) is 0 Å². The zero-order valence-corrected chi connectivity index (χ0v) is 12.0. The van der Waals surface area contributed by atoms with Crippen molar-refractivity contribution in [1.29, 1.82) is 0 Å². The van der Waals surface area contributed by atoms with Crippen LogP contribution in [0.15, 0.2) is 51.7 Å². The Hall–Kier alpha value is -1.55. The molecule has 0 atom stereocenters. The van der Waals surface area contributed by atoms with Crippen LogP contribution in [0.1, 0.15) is 28.8 Å². The first kappa shape index (κ1) is 12.5. The molecule has 0 radical (unpaired) electrons. The molecule has 98 valence electrons. The number of carbonyl (C=O) groups excluding carboxylic acids is 1. The molecule has 0 unspecified atom stereocenters. The number of amides is 1. The average molecular weight is 320 g/mol. The topological polar surface area (TPSA) is 33.5 Å². The van der Waals surface area contributed by atoms with E-state index in [1.165, 1.54) is 12.5 Å². The summed E-state index contributed by atoms with van der Waals surface area (Å²) in [6.07, 6.45) is 5.24. The Morgan fingerprint density at radius 3 is 2.84 bits per heavy atom. The Morgan fingerprint density at radius 1 is 1.37 bits per heavy atom. The third kappa shape index (κ3) is 2.89. The fraction of sp³-hybridized carbons (Fsp3) is 0.267. The number of hydrogen-bond donors (Lipinski definition) is 0. The van der Waals surface area contributed by atoms with Gasteiger partial charge in [-0.15, -0.1) is 0 Å². The number of rotatable bonds is 4. The summed E-state index contributed by atoms with van der Waals surface area (Å²) in [5.41, 5.74) is 1.76. The summed E-state index contributed by atoms with van der Waals surface area (Å²) in [5, 5.41) is 0. The second-order valence-corrected chi connectivity index (χ2v) is 5.72. The standard InChI is InChI=1S/C15H14BrNO2/c16-13-3-1-2-11(8-13)9-17(14-4-5-14)15(18)12-6-7-19-10-12/h1-3,6-8,10,14H,4-5,9H2. The van der Waals surface area contributed by atoms with Crippen molar-refractivity contribution in [3.05, 3.63) is 58.5 Å². The van der Waals surface area contributed by atoms with Gasteiger partial charge in [0.05, 0.1) is 11.8 Å². The van der Waals surface area contributed by atoms with E-state index >= 15 is 0 Å². The molecule has 2 aromatic rings. The first-order chi connectivity index (χ1) is 9.24. The van der Waals surface area contributed by atoms with E-state index in [-0.39, 0.29) is 5.91 Å². The average Bonchev–Trinajstić information content (AvgIpc) is 3.09. The van der Waals surface area contributed by atoms with Crippen LogP contribution < -0.4 is 0 Å². The maximum Gasteiger partial charge on any atom is 0.257 e. The van der Waals surface area contributed by atoms with Gasteiger partial charge in [0.2, 0.25) is 0 Å². The fourth-order valence-corrected chi connectivity index (χ4v) is 2.58. The molecule has 3 nitrogen and oxygen atoms in total. The monoisotopic (exact) mass is 319 g/mol. The summed E-state index contributed by atoms with van der Waals surface area (Å²) in [5.74, 6) is 0.0521. The zero-order valence-electron chi connectivity index (χ0n) is 10.4. The molecule has 1 aromatic heterocycles. The molecule has 4 heteroatoms. The van der Waals surface area contributed by atoms with Crippen molar-refractivity contribution < 1.29 is 9.21 Å². The third-order valence-electron chi connectivity index (χ3n) is 3.26. The normalized spacial score (nSPS) is 14.4. The van der Waals surface area contributed by atoms with Gasteiger partial charge < -0.3 is 9.32 Å². The highest BCUT2D eigenvalue weighted by Crippen LogP contribution is 2.30. The van der Waals surface area contributed by atoms with Gasteiger partial charge in [0.1, 0.15) is 6.26 Å². The summed E-state index contributed by atoms with van der Waals surface area (Å²) in [7, 11) is 0. The van der Waals surface area contributed by atoms with Crippen molar-refractivity contribution >= 4 is 21.8 Å². The Kier molecular flexibility index (Phi) is 3.42. The van der Waals surface area contributed by atoms with Gasteiger partial charge in [0.25, 0.3) is 5.91 Å². The molecule has 19 heavy (non-hydrogen) atoms. The largest absolute Gasteiger partial charge is 0.472 e. The molecular formula is C15H14BrNO2. The smallest absolute Gasteiger partial charge is 0.257 e. The van der Waals surface area contributed by atoms with Gasteiger partial charge in [-0.3, -0.25) is 4.79 Å². The van der Waals surface area contributed by atoms with Crippen LogP contribution in [0.5, 0.6) is 0 Å². The van der Waals surface area contributed by atoms with Crippen LogP contribution in [0.2, 0.25) is 0 Å². The lowest BCUT2D eigenvalue weighted by Gasteiger charge is -2.22. The highest BCUT2D eigenvalue weighted by molar-refractivity contribution is 9.10. The lowest BCUT2D eigenvalue weighted by molar-refractivity contribution is 0.0729. The Morgan fingerprint density at radius 2 is 2.21 bits per heavy atom. The molecular weight excluding hydrogens is 306 g/mol. The molecule has 1 aromatic carbocycles. The van der Waals surface area contributed by atoms with Crippen molar-refractivity contribution in [2.75, 3.05) is 0 Å². The van der Waals surface area contributed by atoms with E-state index in [2.05, 4.69) is 22.0 Å². The van der Waals surface area contributed by atoms with Gasteiger partial charge in [0, 0.05) is 17.1 Å². The molecule has 1 amide bonds. The highest BCUT2D eigenvalue weighted by Gasteiger charge is 2.33. The molecule has 0 aliphatic heterocycles. The van der Waals surface area contributed by atoms with E-state index in [0.717, 1.165) is 22.9 Å². The van der Waals surface area contributed by atoms with Gasteiger partial charge in [-0.05, 0) is 36.6 Å². The number of nitrogens with zero attached hydrogens (tertiary/aromatic N) is 1. The number of hydrogen-bond acceptors (Lipinski definition) is 2. The molecule has 1 aliphatic rings. The first-order valence-corrected chi connectivity index (χ1v) is 7.11. The van der Waals surface area contributed by atoms with Crippen molar-refractivity contribution in [3.8, 4) is 0 Å². The number of benzene rings is 1. The molecule has 1 fully saturated rings. The minimum Gasteiger partial charge on any atom is -0.472 e. The Bertz CT molecular complexity index is 576. The highest BCUT2D eigenvalue weighted by atomic mass is 79.9. The lowest BCUT2D eigenvalue weighted by atomic mass is 10.2. The molecule has 1 aliphatic carbocycles. The number of furan rings is 1.